The van der Waals surface area contributed by atoms with Crippen LogP contribution in [0.25, 0.3) is 0 Å². The van der Waals surface area contributed by atoms with Crippen LogP contribution >= 0.6 is 0 Å². The van der Waals surface area contributed by atoms with E-state index in [1.54, 1.807) is 7.11 Å². The van der Waals surface area contributed by atoms with E-state index >= 15 is 0 Å². The van der Waals surface area contributed by atoms with Gasteiger partial charge in [-0.2, -0.15) is 0 Å². The highest BCUT2D eigenvalue weighted by molar-refractivity contribution is 5.24. The van der Waals surface area contributed by atoms with Gasteiger partial charge in [0, 0.05) is 19.9 Å². The highest BCUT2D eigenvalue weighted by Crippen LogP contribution is 2.21. The monoisotopic (exact) mass is 256 g/mol. The third-order valence-electron chi connectivity index (χ3n) is 3.23. The van der Waals surface area contributed by atoms with Crippen molar-refractivity contribution < 1.29 is 4.74 Å². The average Bonchev–Trinajstić information content (AvgIpc) is 2.48. The molecular weight excluding hydrogens is 236 g/mol. The van der Waals surface area contributed by atoms with Crippen molar-refractivity contribution in [2.75, 3.05) is 13.7 Å². The normalized spacial score (nSPS) is 14.0. The minimum absolute atomic E-state index is 0.215. The lowest BCUT2D eigenvalue weighted by Crippen LogP contribution is -2.43. The number of pyridine rings is 1. The SMILES string of the molecule is COC[C@](C)(NCc1ccccn1)c1ccccc1. The van der Waals surface area contributed by atoms with Crippen molar-refractivity contribution in [2.45, 2.75) is 19.0 Å². The van der Waals surface area contributed by atoms with Crippen molar-refractivity contribution in [1.29, 1.82) is 0 Å². The number of hydrogen-bond donors (Lipinski definition) is 1. The van der Waals surface area contributed by atoms with E-state index in [1.165, 1.54) is 5.56 Å². The number of rotatable bonds is 6. The molecule has 0 aliphatic rings. The molecule has 3 heteroatoms. The first kappa shape index (κ1) is 13.7. The van der Waals surface area contributed by atoms with Gasteiger partial charge in [-0.1, -0.05) is 36.4 Å². The number of nitrogens with one attached hydrogen (secondary N) is 1. The molecule has 0 spiro atoms. The van der Waals surface area contributed by atoms with Gasteiger partial charge in [0.25, 0.3) is 0 Å². The van der Waals surface area contributed by atoms with Gasteiger partial charge >= 0.3 is 0 Å². The molecule has 0 radical (unpaired) electrons. The van der Waals surface area contributed by atoms with Crippen LogP contribution < -0.4 is 5.32 Å². The summed E-state index contributed by atoms with van der Waals surface area (Å²) in [6.07, 6.45) is 1.81. The molecule has 100 valence electrons. The van der Waals surface area contributed by atoms with Crippen molar-refractivity contribution >= 4 is 0 Å². The number of nitrogens with zero attached hydrogens (tertiary/aromatic N) is 1. The van der Waals surface area contributed by atoms with Crippen LogP contribution in [0.15, 0.2) is 54.7 Å². The maximum absolute atomic E-state index is 5.37. The summed E-state index contributed by atoms with van der Waals surface area (Å²) in [5.74, 6) is 0. The molecule has 1 aromatic heterocycles. The molecule has 0 unspecified atom stereocenters. The zero-order chi connectivity index (χ0) is 13.6. The molecule has 1 heterocycles. The fourth-order valence-electron chi connectivity index (χ4n) is 2.12. The van der Waals surface area contributed by atoms with Crippen molar-refractivity contribution in [3.63, 3.8) is 0 Å². The minimum atomic E-state index is -0.215. The number of ether oxygens (including phenoxy) is 1. The Labute approximate surface area is 114 Å². The van der Waals surface area contributed by atoms with E-state index in [9.17, 15) is 0 Å². The number of aromatic nitrogens is 1. The lowest BCUT2D eigenvalue weighted by Gasteiger charge is -2.30. The topological polar surface area (TPSA) is 34.1 Å². The van der Waals surface area contributed by atoms with Crippen LogP contribution in [-0.4, -0.2) is 18.7 Å². The first-order valence-corrected chi connectivity index (χ1v) is 6.44. The fourth-order valence-corrected chi connectivity index (χ4v) is 2.12. The van der Waals surface area contributed by atoms with Gasteiger partial charge in [0.15, 0.2) is 0 Å². The summed E-state index contributed by atoms with van der Waals surface area (Å²) in [6.45, 7) is 3.48. The first-order chi connectivity index (χ1) is 9.24. The largest absolute Gasteiger partial charge is 0.382 e. The van der Waals surface area contributed by atoms with Gasteiger partial charge in [0.2, 0.25) is 0 Å². The van der Waals surface area contributed by atoms with Crippen LogP contribution in [0, 0.1) is 0 Å². The van der Waals surface area contributed by atoms with Crippen LogP contribution in [0.2, 0.25) is 0 Å². The van der Waals surface area contributed by atoms with E-state index in [0.29, 0.717) is 6.61 Å². The Hall–Kier alpha value is -1.71. The standard InChI is InChI=1S/C16H20N2O/c1-16(13-19-2,14-8-4-3-5-9-14)18-12-15-10-6-7-11-17-15/h3-11,18H,12-13H2,1-2H3/t16-/m0/s1. The third-order valence-corrected chi connectivity index (χ3v) is 3.23. The maximum atomic E-state index is 5.37. The molecule has 0 amide bonds. The zero-order valence-corrected chi connectivity index (χ0v) is 11.5. The summed E-state index contributed by atoms with van der Waals surface area (Å²) in [5.41, 5.74) is 2.03. The van der Waals surface area contributed by atoms with Gasteiger partial charge in [0.1, 0.15) is 0 Å². The summed E-state index contributed by atoms with van der Waals surface area (Å²) in [5, 5.41) is 3.54. The summed E-state index contributed by atoms with van der Waals surface area (Å²) >= 11 is 0. The smallest absolute Gasteiger partial charge is 0.0683 e. The third kappa shape index (κ3) is 3.63. The van der Waals surface area contributed by atoms with Gasteiger partial charge < -0.3 is 10.1 Å². The molecule has 19 heavy (non-hydrogen) atoms. The van der Waals surface area contributed by atoms with E-state index in [-0.39, 0.29) is 5.54 Å². The minimum Gasteiger partial charge on any atom is -0.382 e. The van der Waals surface area contributed by atoms with Crippen LogP contribution in [0.4, 0.5) is 0 Å². The molecule has 0 aliphatic carbocycles. The van der Waals surface area contributed by atoms with Crippen LogP contribution in [0.5, 0.6) is 0 Å². The highest BCUT2D eigenvalue weighted by Gasteiger charge is 2.25. The van der Waals surface area contributed by atoms with Gasteiger partial charge in [-0.15, -0.1) is 0 Å². The zero-order valence-electron chi connectivity index (χ0n) is 11.5. The van der Waals surface area contributed by atoms with Gasteiger partial charge in [0.05, 0.1) is 17.8 Å². The molecule has 1 atom stereocenters. The lowest BCUT2D eigenvalue weighted by atomic mass is 9.92. The molecule has 2 rings (SSSR count). The van der Waals surface area contributed by atoms with Crippen molar-refractivity contribution in [3.05, 3.63) is 66.0 Å². The van der Waals surface area contributed by atoms with Gasteiger partial charge in [-0.25, -0.2) is 0 Å². The Morgan fingerprint density at radius 2 is 1.84 bits per heavy atom. The molecule has 1 aromatic carbocycles. The van der Waals surface area contributed by atoms with E-state index in [4.69, 9.17) is 4.74 Å². The Morgan fingerprint density at radius 1 is 1.11 bits per heavy atom. The van der Waals surface area contributed by atoms with Gasteiger partial charge in [-0.3, -0.25) is 4.98 Å². The predicted molar refractivity (Wildman–Crippen MR) is 76.7 cm³/mol. The second-order valence-electron chi connectivity index (χ2n) is 4.81. The molecule has 2 aromatic rings. The van der Waals surface area contributed by atoms with E-state index in [2.05, 4.69) is 29.4 Å². The van der Waals surface area contributed by atoms with E-state index in [1.807, 2.05) is 42.6 Å². The fraction of sp³-hybridized carbons (Fsp3) is 0.312. The Morgan fingerprint density at radius 3 is 2.47 bits per heavy atom. The molecule has 0 saturated carbocycles. The molecular formula is C16H20N2O. The van der Waals surface area contributed by atoms with Crippen molar-refractivity contribution in [2.24, 2.45) is 0 Å². The summed E-state index contributed by atoms with van der Waals surface area (Å²) in [7, 11) is 1.73. The van der Waals surface area contributed by atoms with E-state index < -0.39 is 0 Å². The van der Waals surface area contributed by atoms with Crippen LogP contribution in [0.3, 0.4) is 0 Å². The Kier molecular flexibility index (Phi) is 4.66. The van der Waals surface area contributed by atoms with Gasteiger partial charge in [-0.05, 0) is 24.6 Å². The number of hydrogen-bond acceptors (Lipinski definition) is 3. The summed E-state index contributed by atoms with van der Waals surface area (Å²) < 4.78 is 5.37. The van der Waals surface area contributed by atoms with Crippen LogP contribution in [0.1, 0.15) is 18.2 Å². The summed E-state index contributed by atoms with van der Waals surface area (Å²) in [6, 6.07) is 16.3. The summed E-state index contributed by atoms with van der Waals surface area (Å²) in [4.78, 5) is 4.33. The molecule has 0 bridgehead atoms. The maximum Gasteiger partial charge on any atom is 0.0683 e. The quantitative estimate of drug-likeness (QED) is 0.863. The van der Waals surface area contributed by atoms with E-state index in [0.717, 1.165) is 12.2 Å². The first-order valence-electron chi connectivity index (χ1n) is 6.44. The highest BCUT2D eigenvalue weighted by atomic mass is 16.5. The van der Waals surface area contributed by atoms with Crippen LogP contribution in [-0.2, 0) is 16.8 Å². The average molecular weight is 256 g/mol. The second kappa shape index (κ2) is 6.45. The predicted octanol–water partition coefficient (Wildman–Crippen LogP) is 2.73. The number of methoxy groups -OCH3 is 1. The molecule has 1 N–H and O–H groups in total. The Bertz CT molecular complexity index is 487. The van der Waals surface area contributed by atoms with Crippen molar-refractivity contribution in [3.8, 4) is 0 Å². The Balaban J connectivity index is 2.12. The van der Waals surface area contributed by atoms with Crippen molar-refractivity contribution in [1.82, 2.24) is 10.3 Å². The number of benzene rings is 1. The molecule has 0 aliphatic heterocycles. The lowest BCUT2D eigenvalue weighted by molar-refractivity contribution is 0.117. The molecule has 3 nitrogen and oxygen atoms in total. The second-order valence-corrected chi connectivity index (χ2v) is 4.81. The molecule has 0 saturated heterocycles. The molecule has 0 fully saturated rings.